The van der Waals surface area contributed by atoms with Crippen LogP contribution in [-0.2, 0) is 17.9 Å². The molecule has 1 aromatic heterocycles. The van der Waals surface area contributed by atoms with Crippen LogP contribution in [0.4, 0.5) is 5.69 Å². The summed E-state index contributed by atoms with van der Waals surface area (Å²) in [6, 6.07) is 16.4. The van der Waals surface area contributed by atoms with E-state index in [1.807, 2.05) is 38.2 Å². The zero-order valence-corrected chi connectivity index (χ0v) is 14.8. The minimum absolute atomic E-state index is 0.0687. The Hall–Kier alpha value is -2.59. The predicted octanol–water partition coefficient (Wildman–Crippen LogP) is 4.44. The fraction of sp³-hybridized carbons (Fsp3) is 0.286. The van der Waals surface area contributed by atoms with Crippen molar-refractivity contribution in [3.05, 3.63) is 65.9 Å². The quantitative estimate of drug-likeness (QED) is 0.598. The fourth-order valence-corrected chi connectivity index (χ4v) is 2.99. The SMILES string of the molecule is CC(C)CC(=O)Nc1cccc(CNCc2cccc3[nH]ccc23)c1. The van der Waals surface area contributed by atoms with Crippen LogP contribution in [0.25, 0.3) is 10.9 Å². The molecular weight excluding hydrogens is 310 g/mol. The topological polar surface area (TPSA) is 56.9 Å². The second-order valence-corrected chi connectivity index (χ2v) is 6.81. The Morgan fingerprint density at radius 2 is 1.92 bits per heavy atom. The molecule has 3 aromatic rings. The molecule has 0 fully saturated rings. The summed E-state index contributed by atoms with van der Waals surface area (Å²) < 4.78 is 0. The van der Waals surface area contributed by atoms with Gasteiger partial charge in [0.2, 0.25) is 5.91 Å². The summed E-state index contributed by atoms with van der Waals surface area (Å²) in [4.78, 5) is 15.1. The minimum Gasteiger partial charge on any atom is -0.361 e. The van der Waals surface area contributed by atoms with E-state index in [0.29, 0.717) is 12.3 Å². The third kappa shape index (κ3) is 4.70. The average molecular weight is 335 g/mol. The third-order valence-electron chi connectivity index (χ3n) is 4.13. The van der Waals surface area contributed by atoms with Crippen LogP contribution in [0.5, 0.6) is 0 Å². The number of carbonyl (C=O) groups is 1. The van der Waals surface area contributed by atoms with Gasteiger partial charge in [-0.1, -0.05) is 38.1 Å². The number of hydrogen-bond donors (Lipinski definition) is 3. The summed E-state index contributed by atoms with van der Waals surface area (Å²) in [6.07, 6.45) is 2.51. The van der Waals surface area contributed by atoms with Crippen molar-refractivity contribution in [2.24, 2.45) is 5.92 Å². The number of amides is 1. The van der Waals surface area contributed by atoms with Crippen LogP contribution in [0, 0.1) is 5.92 Å². The van der Waals surface area contributed by atoms with Crippen molar-refractivity contribution in [3.63, 3.8) is 0 Å². The van der Waals surface area contributed by atoms with Gasteiger partial charge in [0.1, 0.15) is 0 Å². The molecule has 1 heterocycles. The molecule has 0 unspecified atom stereocenters. The lowest BCUT2D eigenvalue weighted by Crippen LogP contribution is -2.15. The van der Waals surface area contributed by atoms with Gasteiger partial charge in [0.25, 0.3) is 0 Å². The molecule has 1 amide bonds. The van der Waals surface area contributed by atoms with E-state index in [1.165, 1.54) is 10.9 Å². The van der Waals surface area contributed by atoms with E-state index < -0.39 is 0 Å². The van der Waals surface area contributed by atoms with E-state index >= 15 is 0 Å². The minimum atomic E-state index is 0.0687. The van der Waals surface area contributed by atoms with Crippen molar-refractivity contribution in [1.82, 2.24) is 10.3 Å². The second kappa shape index (κ2) is 7.99. The van der Waals surface area contributed by atoms with Gasteiger partial charge in [-0.3, -0.25) is 4.79 Å². The van der Waals surface area contributed by atoms with Crippen LogP contribution in [0.1, 0.15) is 31.4 Å². The van der Waals surface area contributed by atoms with Gasteiger partial charge in [0.05, 0.1) is 0 Å². The summed E-state index contributed by atoms with van der Waals surface area (Å²) in [5.74, 6) is 0.431. The largest absolute Gasteiger partial charge is 0.361 e. The van der Waals surface area contributed by atoms with Gasteiger partial charge >= 0.3 is 0 Å². The predicted molar refractivity (Wildman–Crippen MR) is 103 cm³/mol. The Bertz CT molecular complexity index is 851. The molecule has 3 rings (SSSR count). The van der Waals surface area contributed by atoms with Gasteiger partial charge in [0.15, 0.2) is 0 Å². The Morgan fingerprint density at radius 3 is 2.76 bits per heavy atom. The number of aromatic nitrogens is 1. The highest BCUT2D eigenvalue weighted by atomic mass is 16.1. The smallest absolute Gasteiger partial charge is 0.224 e. The molecule has 0 spiro atoms. The lowest BCUT2D eigenvalue weighted by atomic mass is 10.1. The Balaban J connectivity index is 1.57. The summed E-state index contributed by atoms with van der Waals surface area (Å²) in [7, 11) is 0. The number of hydrogen-bond acceptors (Lipinski definition) is 2. The van der Waals surface area contributed by atoms with Gasteiger partial charge in [0, 0.05) is 42.3 Å². The molecule has 0 aliphatic carbocycles. The highest BCUT2D eigenvalue weighted by Gasteiger charge is 2.06. The maximum absolute atomic E-state index is 11.9. The molecule has 0 atom stereocenters. The van der Waals surface area contributed by atoms with Gasteiger partial charge in [-0.2, -0.15) is 0 Å². The van der Waals surface area contributed by atoms with Crippen LogP contribution in [-0.4, -0.2) is 10.9 Å². The first-order valence-electron chi connectivity index (χ1n) is 8.76. The molecular formula is C21H25N3O. The first-order valence-corrected chi connectivity index (χ1v) is 8.76. The summed E-state index contributed by atoms with van der Waals surface area (Å²) >= 11 is 0. The van der Waals surface area contributed by atoms with E-state index in [4.69, 9.17) is 0 Å². The number of anilines is 1. The van der Waals surface area contributed by atoms with Crippen LogP contribution in [0.15, 0.2) is 54.7 Å². The van der Waals surface area contributed by atoms with Gasteiger partial charge in [-0.15, -0.1) is 0 Å². The summed E-state index contributed by atoms with van der Waals surface area (Å²) in [5.41, 5.74) is 4.45. The number of H-pyrrole nitrogens is 1. The maximum atomic E-state index is 11.9. The van der Waals surface area contributed by atoms with Gasteiger partial charge in [-0.05, 0) is 41.3 Å². The van der Waals surface area contributed by atoms with Crippen molar-refractivity contribution >= 4 is 22.5 Å². The van der Waals surface area contributed by atoms with E-state index in [9.17, 15) is 4.79 Å². The van der Waals surface area contributed by atoms with Crippen molar-refractivity contribution in [3.8, 4) is 0 Å². The molecule has 3 N–H and O–H groups in total. The number of carbonyl (C=O) groups excluding carboxylic acids is 1. The van der Waals surface area contributed by atoms with Crippen LogP contribution in [0.3, 0.4) is 0 Å². The molecule has 0 radical (unpaired) electrons. The highest BCUT2D eigenvalue weighted by Crippen LogP contribution is 2.17. The second-order valence-electron chi connectivity index (χ2n) is 6.81. The zero-order chi connectivity index (χ0) is 17.6. The van der Waals surface area contributed by atoms with Gasteiger partial charge in [-0.25, -0.2) is 0 Å². The van der Waals surface area contributed by atoms with E-state index in [0.717, 1.165) is 29.9 Å². The van der Waals surface area contributed by atoms with E-state index in [1.54, 1.807) is 0 Å². The van der Waals surface area contributed by atoms with Crippen LogP contribution in [0.2, 0.25) is 0 Å². The van der Waals surface area contributed by atoms with Crippen molar-refractivity contribution < 1.29 is 4.79 Å². The zero-order valence-electron chi connectivity index (χ0n) is 14.8. The Kier molecular flexibility index (Phi) is 5.51. The van der Waals surface area contributed by atoms with Crippen molar-refractivity contribution in [1.29, 1.82) is 0 Å². The lowest BCUT2D eigenvalue weighted by Gasteiger charge is -2.10. The number of fused-ring (bicyclic) bond motifs is 1. The van der Waals surface area contributed by atoms with Crippen molar-refractivity contribution in [2.75, 3.05) is 5.32 Å². The van der Waals surface area contributed by atoms with E-state index in [-0.39, 0.29) is 5.91 Å². The first-order chi connectivity index (χ1) is 12.1. The van der Waals surface area contributed by atoms with Gasteiger partial charge < -0.3 is 15.6 Å². The Labute approximate surface area is 148 Å². The summed E-state index contributed by atoms with van der Waals surface area (Å²) in [6.45, 7) is 5.66. The molecule has 130 valence electrons. The number of aromatic amines is 1. The van der Waals surface area contributed by atoms with E-state index in [2.05, 4.69) is 45.9 Å². The molecule has 2 aromatic carbocycles. The first kappa shape index (κ1) is 17.2. The number of nitrogens with one attached hydrogen (secondary N) is 3. The van der Waals surface area contributed by atoms with Crippen LogP contribution < -0.4 is 10.6 Å². The highest BCUT2D eigenvalue weighted by molar-refractivity contribution is 5.90. The lowest BCUT2D eigenvalue weighted by molar-refractivity contribution is -0.116. The molecule has 0 saturated heterocycles. The van der Waals surface area contributed by atoms with Crippen molar-refractivity contribution in [2.45, 2.75) is 33.4 Å². The molecule has 25 heavy (non-hydrogen) atoms. The molecule has 0 aliphatic heterocycles. The maximum Gasteiger partial charge on any atom is 0.224 e. The Morgan fingerprint density at radius 1 is 1.08 bits per heavy atom. The summed E-state index contributed by atoms with van der Waals surface area (Å²) in [5, 5.41) is 7.71. The molecule has 0 aliphatic rings. The molecule has 4 heteroatoms. The normalized spacial score (nSPS) is 11.2. The molecule has 0 saturated carbocycles. The number of benzene rings is 2. The monoisotopic (exact) mass is 335 g/mol. The van der Waals surface area contributed by atoms with Crippen LogP contribution >= 0.6 is 0 Å². The third-order valence-corrected chi connectivity index (χ3v) is 4.13. The standard InChI is InChI=1S/C21H25N3O/c1-15(2)11-21(25)24-18-7-3-5-16(12-18)13-22-14-17-6-4-8-20-19(17)9-10-23-20/h3-10,12,15,22-23H,11,13-14H2,1-2H3,(H,24,25). The number of rotatable bonds is 7. The fourth-order valence-electron chi connectivity index (χ4n) is 2.99. The molecule has 4 nitrogen and oxygen atoms in total. The average Bonchev–Trinajstić information content (AvgIpc) is 3.04. The molecule has 0 bridgehead atoms.